The van der Waals surface area contributed by atoms with E-state index in [4.69, 9.17) is 5.10 Å². The van der Waals surface area contributed by atoms with Crippen LogP contribution in [0.3, 0.4) is 0 Å². The van der Waals surface area contributed by atoms with Gasteiger partial charge in [-0.1, -0.05) is 35.8 Å². The van der Waals surface area contributed by atoms with E-state index >= 15 is 0 Å². The highest BCUT2D eigenvalue weighted by Crippen LogP contribution is 2.22. The van der Waals surface area contributed by atoms with Crippen LogP contribution in [0.2, 0.25) is 0 Å². The zero-order valence-electron chi connectivity index (χ0n) is 11.7. The Kier molecular flexibility index (Phi) is 4.77. The quantitative estimate of drug-likeness (QED) is 0.913. The zero-order valence-corrected chi connectivity index (χ0v) is 13.3. The van der Waals surface area contributed by atoms with Crippen molar-refractivity contribution in [2.24, 2.45) is 0 Å². The summed E-state index contributed by atoms with van der Waals surface area (Å²) in [7, 11) is 1.97. The molecule has 0 bridgehead atoms. The van der Waals surface area contributed by atoms with Crippen LogP contribution in [0.1, 0.15) is 30.8 Å². The lowest BCUT2D eigenvalue weighted by molar-refractivity contribution is 0.757. The van der Waals surface area contributed by atoms with Gasteiger partial charge in [0.15, 0.2) is 0 Å². The van der Waals surface area contributed by atoms with Crippen LogP contribution < -0.4 is 5.32 Å². The molecular weight excluding hydrogens is 302 g/mol. The summed E-state index contributed by atoms with van der Waals surface area (Å²) in [5.41, 5.74) is 4.81. The normalized spacial score (nSPS) is 10.9. The van der Waals surface area contributed by atoms with Crippen molar-refractivity contribution < 1.29 is 0 Å². The first-order valence-corrected chi connectivity index (χ1v) is 7.50. The summed E-state index contributed by atoms with van der Waals surface area (Å²) in [6, 6.07) is 8.55. The molecule has 0 fully saturated rings. The van der Waals surface area contributed by atoms with Crippen LogP contribution in [0.5, 0.6) is 0 Å². The molecule has 19 heavy (non-hydrogen) atoms. The Bertz CT molecular complexity index is 561. The predicted octanol–water partition coefficient (Wildman–Crippen LogP) is 3.48. The highest BCUT2D eigenvalue weighted by molar-refractivity contribution is 9.10. The van der Waals surface area contributed by atoms with Gasteiger partial charge in [0.1, 0.15) is 0 Å². The molecule has 0 radical (unpaired) electrons. The van der Waals surface area contributed by atoms with Gasteiger partial charge >= 0.3 is 0 Å². The molecule has 0 aliphatic heterocycles. The minimum atomic E-state index is 0.840. The Labute approximate surface area is 123 Å². The Morgan fingerprint density at radius 2 is 2.00 bits per heavy atom. The molecule has 4 heteroatoms. The van der Waals surface area contributed by atoms with Crippen molar-refractivity contribution in [3.05, 3.63) is 45.7 Å². The Balaban J connectivity index is 2.56. The summed E-state index contributed by atoms with van der Waals surface area (Å²) < 4.78 is 3.16. The van der Waals surface area contributed by atoms with Crippen LogP contribution in [0.25, 0.3) is 5.69 Å². The fraction of sp³-hybridized carbons (Fsp3) is 0.400. The summed E-state index contributed by atoms with van der Waals surface area (Å²) in [5, 5.41) is 7.94. The monoisotopic (exact) mass is 321 g/mol. The smallest absolute Gasteiger partial charge is 0.0705 e. The molecule has 3 nitrogen and oxygen atoms in total. The van der Waals surface area contributed by atoms with Crippen molar-refractivity contribution in [1.82, 2.24) is 15.1 Å². The molecule has 0 saturated heterocycles. The highest BCUT2D eigenvalue weighted by Gasteiger charge is 2.11. The Hall–Kier alpha value is -1.13. The maximum Gasteiger partial charge on any atom is 0.0705 e. The molecule has 1 aromatic carbocycles. The van der Waals surface area contributed by atoms with Crippen LogP contribution in [-0.4, -0.2) is 16.8 Å². The third kappa shape index (κ3) is 3.07. The van der Waals surface area contributed by atoms with Crippen molar-refractivity contribution in [2.75, 3.05) is 7.05 Å². The number of aryl methyl sites for hydroxylation is 2. The first kappa shape index (κ1) is 14.3. The van der Waals surface area contributed by atoms with E-state index in [0.717, 1.165) is 35.2 Å². The number of nitrogens with one attached hydrogen (secondary N) is 1. The summed E-state index contributed by atoms with van der Waals surface area (Å²) in [5.74, 6) is 0. The maximum absolute atomic E-state index is 4.72. The average Bonchev–Trinajstić information content (AvgIpc) is 2.84. The molecule has 102 valence electrons. The molecular formula is C15H20BrN3. The maximum atomic E-state index is 4.72. The number of hydrogen-bond acceptors (Lipinski definition) is 2. The second-order valence-corrected chi connectivity index (χ2v) is 5.46. The standard InChI is InChI=1S/C15H20BrN3/c1-4-13-9-14(5-2)19(18-13)15-8-12(16)7-6-11(15)10-17-3/h6-9,17H,4-5,10H2,1-3H3. The van der Waals surface area contributed by atoms with Crippen molar-refractivity contribution in [3.63, 3.8) is 0 Å². The van der Waals surface area contributed by atoms with Gasteiger partial charge in [-0.3, -0.25) is 0 Å². The van der Waals surface area contributed by atoms with E-state index in [1.807, 2.05) is 7.05 Å². The van der Waals surface area contributed by atoms with E-state index < -0.39 is 0 Å². The van der Waals surface area contributed by atoms with Crippen LogP contribution in [0.15, 0.2) is 28.7 Å². The van der Waals surface area contributed by atoms with Crippen LogP contribution >= 0.6 is 15.9 Å². The molecule has 1 N–H and O–H groups in total. The molecule has 2 aromatic rings. The second kappa shape index (κ2) is 6.35. The van der Waals surface area contributed by atoms with E-state index in [1.165, 1.54) is 11.3 Å². The van der Waals surface area contributed by atoms with E-state index in [0.29, 0.717) is 0 Å². The molecule has 0 aliphatic carbocycles. The first-order chi connectivity index (χ1) is 9.19. The van der Waals surface area contributed by atoms with E-state index in [2.05, 4.69) is 64.0 Å². The highest BCUT2D eigenvalue weighted by atomic mass is 79.9. The summed E-state index contributed by atoms with van der Waals surface area (Å²) in [6.07, 6.45) is 1.95. The van der Waals surface area contributed by atoms with Gasteiger partial charge < -0.3 is 5.32 Å². The minimum absolute atomic E-state index is 0.840. The van der Waals surface area contributed by atoms with E-state index in [9.17, 15) is 0 Å². The average molecular weight is 322 g/mol. The lowest BCUT2D eigenvalue weighted by Gasteiger charge is -2.12. The number of benzene rings is 1. The lowest BCUT2D eigenvalue weighted by Crippen LogP contribution is -2.11. The molecule has 0 spiro atoms. The third-order valence-electron chi connectivity index (χ3n) is 3.20. The van der Waals surface area contributed by atoms with Crippen LogP contribution in [-0.2, 0) is 19.4 Å². The van der Waals surface area contributed by atoms with Crippen molar-refractivity contribution in [1.29, 1.82) is 0 Å². The van der Waals surface area contributed by atoms with Gasteiger partial charge in [-0.05, 0) is 43.7 Å². The molecule has 2 rings (SSSR count). The number of nitrogens with zero attached hydrogens (tertiary/aromatic N) is 2. The third-order valence-corrected chi connectivity index (χ3v) is 3.69. The zero-order chi connectivity index (χ0) is 13.8. The minimum Gasteiger partial charge on any atom is -0.316 e. The molecule has 1 aromatic heterocycles. The molecule has 0 aliphatic rings. The number of halogens is 1. The van der Waals surface area contributed by atoms with Gasteiger partial charge in [-0.15, -0.1) is 0 Å². The van der Waals surface area contributed by atoms with E-state index in [1.54, 1.807) is 0 Å². The summed E-state index contributed by atoms with van der Waals surface area (Å²) in [4.78, 5) is 0. The Morgan fingerprint density at radius 1 is 1.21 bits per heavy atom. The van der Waals surface area contributed by atoms with Crippen LogP contribution in [0.4, 0.5) is 0 Å². The van der Waals surface area contributed by atoms with Gasteiger partial charge in [-0.25, -0.2) is 4.68 Å². The second-order valence-electron chi connectivity index (χ2n) is 4.55. The van der Waals surface area contributed by atoms with E-state index in [-0.39, 0.29) is 0 Å². The number of hydrogen-bond donors (Lipinski definition) is 1. The molecule has 1 heterocycles. The number of aromatic nitrogens is 2. The van der Waals surface area contributed by atoms with Gasteiger partial charge in [0.05, 0.1) is 11.4 Å². The largest absolute Gasteiger partial charge is 0.316 e. The van der Waals surface area contributed by atoms with Gasteiger partial charge in [0.25, 0.3) is 0 Å². The SMILES string of the molecule is CCc1cc(CC)n(-c2cc(Br)ccc2CNC)n1. The summed E-state index contributed by atoms with van der Waals surface area (Å²) in [6.45, 7) is 5.15. The number of rotatable bonds is 5. The fourth-order valence-electron chi connectivity index (χ4n) is 2.18. The predicted molar refractivity (Wildman–Crippen MR) is 82.8 cm³/mol. The molecule has 0 saturated carbocycles. The van der Waals surface area contributed by atoms with Gasteiger partial charge in [0.2, 0.25) is 0 Å². The lowest BCUT2D eigenvalue weighted by atomic mass is 10.1. The molecule has 0 atom stereocenters. The van der Waals surface area contributed by atoms with Gasteiger partial charge in [0, 0.05) is 16.7 Å². The van der Waals surface area contributed by atoms with Gasteiger partial charge in [-0.2, -0.15) is 5.10 Å². The van der Waals surface area contributed by atoms with Crippen LogP contribution in [0, 0.1) is 0 Å². The topological polar surface area (TPSA) is 29.9 Å². The van der Waals surface area contributed by atoms with Crippen molar-refractivity contribution in [2.45, 2.75) is 33.2 Å². The summed E-state index contributed by atoms with van der Waals surface area (Å²) >= 11 is 3.55. The fourth-order valence-corrected chi connectivity index (χ4v) is 2.53. The van der Waals surface area contributed by atoms with Crippen molar-refractivity contribution in [3.8, 4) is 5.69 Å². The molecule has 0 unspecified atom stereocenters. The molecule has 0 amide bonds. The van der Waals surface area contributed by atoms with Crippen molar-refractivity contribution >= 4 is 15.9 Å². The first-order valence-electron chi connectivity index (χ1n) is 6.70. The Morgan fingerprint density at radius 3 is 2.63 bits per heavy atom.